The van der Waals surface area contributed by atoms with Crippen LogP contribution in [0.2, 0.25) is 10.2 Å². The number of nitrogens with zero attached hydrogens (tertiary/aromatic N) is 5. The number of methoxy groups -OCH3 is 2. The molecule has 224 valence electrons. The average molecular weight is 634 g/mol. The van der Waals surface area contributed by atoms with Gasteiger partial charge in [-0.05, 0) is 49.2 Å². The topological polar surface area (TPSA) is 100 Å². The lowest BCUT2D eigenvalue weighted by atomic mass is 10.1. The third-order valence-electron chi connectivity index (χ3n) is 6.88. The number of hydrogen-bond acceptors (Lipinski definition) is 8. The van der Waals surface area contributed by atoms with Gasteiger partial charge in [0.05, 0.1) is 20.0 Å². The van der Waals surface area contributed by atoms with Crippen LogP contribution in [0.3, 0.4) is 0 Å². The molecule has 1 N–H and O–H groups in total. The van der Waals surface area contributed by atoms with Crippen molar-refractivity contribution >= 4 is 58.4 Å². The first-order chi connectivity index (χ1) is 20.2. The average Bonchev–Trinajstić information content (AvgIpc) is 2.98. The molecule has 0 radical (unpaired) electrons. The van der Waals surface area contributed by atoms with Crippen LogP contribution in [0.4, 0.5) is 16.3 Å². The smallest absolute Gasteiger partial charge is 0.322 e. The molecule has 1 saturated heterocycles. The first-order valence-electron chi connectivity index (χ1n) is 13.4. The van der Waals surface area contributed by atoms with Crippen LogP contribution >= 0.6 is 35.0 Å². The summed E-state index contributed by atoms with van der Waals surface area (Å²) in [5.41, 5.74) is 1.69. The number of carbonyl (C=O) groups excluding carboxylic acids is 2. The van der Waals surface area contributed by atoms with E-state index in [1.807, 2.05) is 25.1 Å². The SMILES string of the molecule is COc1ccc(CCN(C)C(=O)CSc2nc(Cl)cc(N3CCN(C(=O)Nc4cccc(Cl)c4)C(C)C3)n2)cc1OC. The third-order valence-corrected chi connectivity index (χ3v) is 8.14. The monoisotopic (exact) mass is 632 g/mol. The van der Waals surface area contributed by atoms with Crippen molar-refractivity contribution in [1.29, 1.82) is 0 Å². The van der Waals surface area contributed by atoms with Gasteiger partial charge in [-0.1, -0.05) is 47.1 Å². The van der Waals surface area contributed by atoms with Gasteiger partial charge < -0.3 is 29.5 Å². The van der Waals surface area contributed by atoms with E-state index >= 15 is 0 Å². The molecule has 1 aromatic heterocycles. The molecule has 42 heavy (non-hydrogen) atoms. The minimum absolute atomic E-state index is 0.0430. The number of thioether (sulfide) groups is 1. The molecule has 0 aliphatic carbocycles. The molecule has 0 spiro atoms. The highest BCUT2D eigenvalue weighted by atomic mass is 35.5. The van der Waals surface area contributed by atoms with Crippen LogP contribution in [0.5, 0.6) is 11.5 Å². The molecule has 1 fully saturated rings. The lowest BCUT2D eigenvalue weighted by Crippen LogP contribution is -2.55. The Bertz CT molecular complexity index is 1410. The highest BCUT2D eigenvalue weighted by Gasteiger charge is 2.29. The molecular weight excluding hydrogens is 599 g/mol. The largest absolute Gasteiger partial charge is 0.493 e. The van der Waals surface area contributed by atoms with Crippen molar-refractivity contribution in [2.45, 2.75) is 24.5 Å². The van der Waals surface area contributed by atoms with Gasteiger partial charge in [-0.2, -0.15) is 0 Å². The molecule has 1 aliphatic heterocycles. The van der Waals surface area contributed by atoms with Crippen LogP contribution in [-0.4, -0.2) is 90.9 Å². The second-order valence-corrected chi connectivity index (χ2v) is 11.6. The number of hydrogen-bond donors (Lipinski definition) is 1. The van der Waals surface area contributed by atoms with Crippen molar-refractivity contribution in [3.63, 3.8) is 0 Å². The fourth-order valence-electron chi connectivity index (χ4n) is 4.54. The fraction of sp³-hybridized carbons (Fsp3) is 0.379. The maximum Gasteiger partial charge on any atom is 0.322 e. The van der Waals surface area contributed by atoms with Crippen molar-refractivity contribution in [1.82, 2.24) is 19.8 Å². The van der Waals surface area contributed by atoms with E-state index in [4.69, 9.17) is 32.7 Å². The number of benzene rings is 2. The van der Waals surface area contributed by atoms with E-state index in [-0.39, 0.29) is 23.7 Å². The number of rotatable bonds is 10. The van der Waals surface area contributed by atoms with Crippen LogP contribution < -0.4 is 19.7 Å². The van der Waals surface area contributed by atoms with Crippen LogP contribution in [0.25, 0.3) is 0 Å². The quantitative estimate of drug-likeness (QED) is 0.182. The number of nitrogens with one attached hydrogen (secondary N) is 1. The van der Waals surface area contributed by atoms with Gasteiger partial charge in [0, 0.05) is 56.0 Å². The second kappa shape index (κ2) is 14.7. The lowest BCUT2D eigenvalue weighted by Gasteiger charge is -2.40. The molecule has 1 atom stereocenters. The molecule has 10 nitrogen and oxygen atoms in total. The number of urea groups is 1. The summed E-state index contributed by atoms with van der Waals surface area (Å²) in [5, 5.41) is 4.19. The van der Waals surface area contributed by atoms with E-state index in [9.17, 15) is 9.59 Å². The van der Waals surface area contributed by atoms with E-state index in [0.717, 1.165) is 5.56 Å². The number of aromatic nitrogens is 2. The van der Waals surface area contributed by atoms with Crippen molar-refractivity contribution in [3.05, 3.63) is 64.3 Å². The molecule has 0 saturated carbocycles. The summed E-state index contributed by atoms with van der Waals surface area (Å²) in [6.45, 7) is 4.17. The Hall–Kier alpha value is -3.41. The number of carbonyl (C=O) groups is 2. The van der Waals surface area contributed by atoms with Crippen LogP contribution in [0.1, 0.15) is 12.5 Å². The summed E-state index contributed by atoms with van der Waals surface area (Å²) in [6.07, 6.45) is 0.673. The number of piperazine rings is 1. The van der Waals surface area contributed by atoms with Crippen LogP contribution in [0.15, 0.2) is 53.7 Å². The molecule has 4 rings (SSSR count). The van der Waals surface area contributed by atoms with E-state index < -0.39 is 0 Å². The van der Waals surface area contributed by atoms with Crippen LogP contribution in [-0.2, 0) is 11.2 Å². The van der Waals surface area contributed by atoms with Gasteiger partial charge in [-0.15, -0.1) is 0 Å². The summed E-state index contributed by atoms with van der Waals surface area (Å²) in [4.78, 5) is 40.2. The summed E-state index contributed by atoms with van der Waals surface area (Å²) < 4.78 is 10.7. The Morgan fingerprint density at radius 2 is 1.86 bits per heavy atom. The Kier molecular flexibility index (Phi) is 11.0. The normalized spacial score (nSPS) is 14.9. The summed E-state index contributed by atoms with van der Waals surface area (Å²) in [6, 6.07) is 14.2. The Morgan fingerprint density at radius 3 is 2.57 bits per heavy atom. The summed E-state index contributed by atoms with van der Waals surface area (Å²) >= 11 is 13.6. The zero-order valence-corrected chi connectivity index (χ0v) is 26.3. The maximum absolute atomic E-state index is 12.9. The van der Waals surface area contributed by atoms with Crippen molar-refractivity contribution in [2.24, 2.45) is 0 Å². The molecule has 3 aromatic rings. The number of halogens is 2. The Balaban J connectivity index is 1.29. The second-order valence-electron chi connectivity index (χ2n) is 9.80. The van der Waals surface area contributed by atoms with Gasteiger partial charge in [-0.3, -0.25) is 4.79 Å². The Morgan fingerprint density at radius 1 is 1.07 bits per heavy atom. The first-order valence-corrected chi connectivity index (χ1v) is 15.1. The predicted octanol–water partition coefficient (Wildman–Crippen LogP) is 5.34. The van der Waals surface area contributed by atoms with Gasteiger partial charge in [-0.25, -0.2) is 14.8 Å². The van der Waals surface area contributed by atoms with Gasteiger partial charge in [0.15, 0.2) is 16.7 Å². The van der Waals surface area contributed by atoms with Crippen molar-refractivity contribution < 1.29 is 19.1 Å². The lowest BCUT2D eigenvalue weighted by molar-refractivity contribution is -0.127. The minimum Gasteiger partial charge on any atom is -0.493 e. The van der Waals surface area contributed by atoms with E-state index in [2.05, 4.69) is 20.2 Å². The van der Waals surface area contributed by atoms with Gasteiger partial charge in [0.1, 0.15) is 11.0 Å². The standard InChI is InChI=1S/C29H34Cl2N6O4S/c1-19-17-36(12-13-37(19)29(39)32-22-7-5-6-21(30)15-22)26-16-25(31)33-28(34-26)42-18-27(38)35(2)11-10-20-8-9-23(40-3)24(14-20)41-4/h5-9,14-16,19H,10-13,17-18H2,1-4H3,(H,32,39). The summed E-state index contributed by atoms with van der Waals surface area (Å²) in [7, 11) is 4.97. The van der Waals surface area contributed by atoms with Gasteiger partial charge in [0.2, 0.25) is 5.91 Å². The zero-order chi connectivity index (χ0) is 30.2. The molecule has 1 unspecified atom stereocenters. The molecule has 13 heteroatoms. The van der Waals surface area contributed by atoms with Gasteiger partial charge >= 0.3 is 6.03 Å². The number of ether oxygens (including phenoxy) is 2. The van der Waals surface area contributed by atoms with E-state index in [0.29, 0.717) is 70.9 Å². The third kappa shape index (κ3) is 8.33. The van der Waals surface area contributed by atoms with Gasteiger partial charge in [0.25, 0.3) is 0 Å². The number of amides is 3. The molecule has 2 aromatic carbocycles. The predicted molar refractivity (Wildman–Crippen MR) is 168 cm³/mol. The molecule has 3 amide bonds. The maximum atomic E-state index is 12.9. The van der Waals surface area contributed by atoms with E-state index in [1.54, 1.807) is 61.4 Å². The number of anilines is 2. The van der Waals surface area contributed by atoms with Crippen molar-refractivity contribution in [3.8, 4) is 11.5 Å². The highest BCUT2D eigenvalue weighted by Crippen LogP contribution is 2.28. The number of likely N-dealkylation sites (N-methyl/N-ethyl adjacent to an activating group) is 1. The molecule has 2 heterocycles. The summed E-state index contributed by atoms with van der Waals surface area (Å²) in [5.74, 6) is 2.12. The Labute approximate surface area is 260 Å². The fourth-order valence-corrected chi connectivity index (χ4v) is 5.75. The van der Waals surface area contributed by atoms with E-state index in [1.165, 1.54) is 11.8 Å². The molecule has 0 bridgehead atoms. The zero-order valence-electron chi connectivity index (χ0n) is 24.0. The first kappa shape index (κ1) is 31.5. The molecular formula is C29H34Cl2N6O4S. The highest BCUT2D eigenvalue weighted by molar-refractivity contribution is 7.99. The molecule has 1 aliphatic rings. The van der Waals surface area contributed by atoms with Crippen molar-refractivity contribution in [2.75, 3.05) is 63.4 Å². The minimum atomic E-state index is -0.185. The van der Waals surface area contributed by atoms with Crippen LogP contribution in [0, 0.1) is 0 Å².